The lowest BCUT2D eigenvalue weighted by Gasteiger charge is -2.08. The van der Waals surface area contributed by atoms with Crippen LogP contribution in [-0.4, -0.2) is 17.1 Å². The number of ether oxygens (including phenoxy) is 2. The molecule has 3 rings (SSSR count). The van der Waals surface area contributed by atoms with Crippen LogP contribution in [0.4, 0.5) is 8.78 Å². The van der Waals surface area contributed by atoms with Crippen LogP contribution >= 0.6 is 0 Å². The van der Waals surface area contributed by atoms with E-state index in [2.05, 4.69) is 9.97 Å². The highest BCUT2D eigenvalue weighted by Crippen LogP contribution is 2.26. The van der Waals surface area contributed by atoms with Gasteiger partial charge < -0.3 is 14.5 Å². The molecule has 1 aromatic heterocycles. The van der Waals surface area contributed by atoms with Gasteiger partial charge in [0, 0.05) is 12.1 Å². The minimum Gasteiger partial charge on any atom is -0.493 e. The van der Waals surface area contributed by atoms with Crippen molar-refractivity contribution in [1.82, 2.24) is 9.97 Å². The summed E-state index contributed by atoms with van der Waals surface area (Å²) in [6, 6.07) is 9.32. The second kappa shape index (κ2) is 5.40. The van der Waals surface area contributed by atoms with Crippen LogP contribution in [0.15, 0.2) is 36.4 Å². The monoisotopic (exact) mass is 290 g/mol. The molecule has 0 aliphatic heterocycles. The van der Waals surface area contributed by atoms with Crippen molar-refractivity contribution in [2.24, 2.45) is 0 Å². The van der Waals surface area contributed by atoms with E-state index in [0.717, 1.165) is 12.1 Å². The third-order valence-corrected chi connectivity index (χ3v) is 3.01. The van der Waals surface area contributed by atoms with Crippen LogP contribution in [0.25, 0.3) is 11.0 Å². The Morgan fingerprint density at radius 3 is 2.57 bits per heavy atom. The zero-order valence-electron chi connectivity index (χ0n) is 11.2. The van der Waals surface area contributed by atoms with Crippen LogP contribution in [0, 0.1) is 11.6 Å². The molecule has 4 nitrogen and oxygen atoms in total. The smallest absolute Gasteiger partial charge is 0.161 e. The molecule has 0 aliphatic carbocycles. The van der Waals surface area contributed by atoms with Crippen LogP contribution in [0.3, 0.4) is 0 Å². The summed E-state index contributed by atoms with van der Waals surface area (Å²) in [6.07, 6.45) is 0. The molecule has 0 saturated carbocycles. The van der Waals surface area contributed by atoms with Crippen LogP contribution in [0.1, 0.15) is 5.82 Å². The third-order valence-electron chi connectivity index (χ3n) is 3.01. The second-order valence-corrected chi connectivity index (χ2v) is 4.41. The van der Waals surface area contributed by atoms with Gasteiger partial charge in [0.25, 0.3) is 0 Å². The lowest BCUT2D eigenvalue weighted by Crippen LogP contribution is -1.99. The Morgan fingerprint density at radius 1 is 1.10 bits per heavy atom. The van der Waals surface area contributed by atoms with Crippen LogP contribution in [0.2, 0.25) is 0 Å². The highest BCUT2D eigenvalue weighted by atomic mass is 19.2. The summed E-state index contributed by atoms with van der Waals surface area (Å²) in [6.45, 7) is 0.137. The van der Waals surface area contributed by atoms with Gasteiger partial charge >= 0.3 is 0 Å². The SMILES string of the molecule is COc1ccccc1OCc1nc2cc(F)c(F)cc2[nH]1. The molecule has 3 aromatic rings. The fourth-order valence-corrected chi connectivity index (χ4v) is 2.01. The molecule has 21 heavy (non-hydrogen) atoms. The lowest BCUT2D eigenvalue weighted by molar-refractivity contribution is 0.277. The number of benzene rings is 2. The van der Waals surface area contributed by atoms with E-state index in [1.54, 1.807) is 19.2 Å². The molecule has 0 bridgehead atoms. The molecular weight excluding hydrogens is 278 g/mol. The molecule has 6 heteroatoms. The van der Waals surface area contributed by atoms with Gasteiger partial charge in [-0.25, -0.2) is 13.8 Å². The number of fused-ring (bicyclic) bond motifs is 1. The first-order chi connectivity index (χ1) is 10.2. The van der Waals surface area contributed by atoms with Crippen LogP contribution < -0.4 is 9.47 Å². The maximum atomic E-state index is 13.1. The molecule has 0 unspecified atom stereocenters. The summed E-state index contributed by atoms with van der Waals surface area (Å²) in [4.78, 5) is 7.04. The largest absolute Gasteiger partial charge is 0.493 e. The molecule has 1 N–H and O–H groups in total. The van der Waals surface area contributed by atoms with Gasteiger partial charge in [0.05, 0.1) is 18.1 Å². The predicted molar refractivity (Wildman–Crippen MR) is 73.3 cm³/mol. The normalized spacial score (nSPS) is 10.8. The summed E-state index contributed by atoms with van der Waals surface area (Å²) in [5, 5.41) is 0. The maximum Gasteiger partial charge on any atom is 0.161 e. The van der Waals surface area contributed by atoms with Gasteiger partial charge in [-0.3, -0.25) is 0 Å². The quantitative estimate of drug-likeness (QED) is 0.800. The zero-order valence-corrected chi connectivity index (χ0v) is 11.2. The molecular formula is C15H12F2N2O2. The Balaban J connectivity index is 1.82. The third kappa shape index (κ3) is 2.65. The number of imidazole rings is 1. The fraction of sp³-hybridized carbons (Fsp3) is 0.133. The lowest BCUT2D eigenvalue weighted by atomic mass is 10.3. The van der Waals surface area contributed by atoms with Gasteiger partial charge in [0.15, 0.2) is 23.1 Å². The molecule has 0 radical (unpaired) electrons. The van der Waals surface area contributed by atoms with E-state index in [1.165, 1.54) is 0 Å². The number of nitrogens with zero attached hydrogens (tertiary/aromatic N) is 1. The Morgan fingerprint density at radius 2 is 1.81 bits per heavy atom. The number of para-hydroxylation sites is 2. The highest BCUT2D eigenvalue weighted by molar-refractivity contribution is 5.75. The topological polar surface area (TPSA) is 47.1 Å². The van der Waals surface area contributed by atoms with Gasteiger partial charge in [0.1, 0.15) is 12.4 Å². The zero-order chi connectivity index (χ0) is 14.8. The summed E-state index contributed by atoms with van der Waals surface area (Å²) in [5.41, 5.74) is 0.778. The number of H-pyrrole nitrogens is 1. The fourth-order valence-electron chi connectivity index (χ4n) is 2.01. The van der Waals surface area contributed by atoms with E-state index in [1.807, 2.05) is 12.1 Å². The molecule has 0 amide bonds. The van der Waals surface area contributed by atoms with E-state index in [0.29, 0.717) is 28.4 Å². The minimum atomic E-state index is -0.925. The average Bonchev–Trinajstić information content (AvgIpc) is 2.87. The molecule has 0 atom stereocenters. The van der Waals surface area contributed by atoms with Crippen molar-refractivity contribution in [1.29, 1.82) is 0 Å². The van der Waals surface area contributed by atoms with E-state index in [-0.39, 0.29) is 6.61 Å². The van der Waals surface area contributed by atoms with Gasteiger partial charge in [0.2, 0.25) is 0 Å². The Bertz CT molecular complexity index is 747. The summed E-state index contributed by atoms with van der Waals surface area (Å²) in [7, 11) is 1.55. The summed E-state index contributed by atoms with van der Waals surface area (Å²) < 4.78 is 37.0. The van der Waals surface area contributed by atoms with Crippen LogP contribution in [-0.2, 0) is 6.61 Å². The Labute approximate surface area is 119 Å². The van der Waals surface area contributed by atoms with Crippen molar-refractivity contribution in [2.75, 3.05) is 7.11 Å². The minimum absolute atomic E-state index is 0.137. The molecule has 0 saturated heterocycles. The Hall–Kier alpha value is -2.63. The van der Waals surface area contributed by atoms with Gasteiger partial charge in [-0.1, -0.05) is 12.1 Å². The molecule has 1 heterocycles. The van der Waals surface area contributed by atoms with Crippen molar-refractivity contribution in [3.63, 3.8) is 0 Å². The van der Waals surface area contributed by atoms with E-state index < -0.39 is 11.6 Å². The number of nitrogens with one attached hydrogen (secondary N) is 1. The average molecular weight is 290 g/mol. The first kappa shape index (κ1) is 13.4. The van der Waals surface area contributed by atoms with Crippen LogP contribution in [0.5, 0.6) is 11.5 Å². The van der Waals surface area contributed by atoms with Gasteiger partial charge in [-0.15, -0.1) is 0 Å². The number of aromatic nitrogens is 2. The molecule has 108 valence electrons. The number of methoxy groups -OCH3 is 1. The molecule has 2 aromatic carbocycles. The number of hydrogen-bond donors (Lipinski definition) is 1. The molecule has 0 aliphatic rings. The maximum absolute atomic E-state index is 13.1. The highest BCUT2D eigenvalue weighted by Gasteiger charge is 2.10. The number of rotatable bonds is 4. The van der Waals surface area contributed by atoms with E-state index >= 15 is 0 Å². The van der Waals surface area contributed by atoms with E-state index in [4.69, 9.17) is 9.47 Å². The van der Waals surface area contributed by atoms with Crippen molar-refractivity contribution in [2.45, 2.75) is 6.61 Å². The first-order valence-corrected chi connectivity index (χ1v) is 6.27. The standard InChI is InChI=1S/C15H12F2N2O2/c1-20-13-4-2-3-5-14(13)21-8-15-18-11-6-9(16)10(17)7-12(11)19-15/h2-7H,8H2,1H3,(H,18,19). The van der Waals surface area contributed by atoms with Crippen molar-refractivity contribution < 1.29 is 18.3 Å². The van der Waals surface area contributed by atoms with Crippen molar-refractivity contribution in [3.8, 4) is 11.5 Å². The summed E-state index contributed by atoms with van der Waals surface area (Å²) in [5.74, 6) is -0.195. The predicted octanol–water partition coefficient (Wildman–Crippen LogP) is 3.43. The van der Waals surface area contributed by atoms with E-state index in [9.17, 15) is 8.78 Å². The first-order valence-electron chi connectivity index (χ1n) is 6.27. The number of aromatic amines is 1. The molecule has 0 fully saturated rings. The summed E-state index contributed by atoms with van der Waals surface area (Å²) >= 11 is 0. The van der Waals surface area contributed by atoms with Crippen molar-refractivity contribution >= 4 is 11.0 Å². The number of halogens is 2. The van der Waals surface area contributed by atoms with Gasteiger partial charge in [-0.05, 0) is 12.1 Å². The van der Waals surface area contributed by atoms with Crippen molar-refractivity contribution in [3.05, 3.63) is 53.9 Å². The number of hydrogen-bond acceptors (Lipinski definition) is 3. The second-order valence-electron chi connectivity index (χ2n) is 4.41. The Kier molecular flexibility index (Phi) is 3.43. The van der Waals surface area contributed by atoms with Gasteiger partial charge in [-0.2, -0.15) is 0 Å². The molecule has 0 spiro atoms.